The number of aromatic nitrogens is 1. The lowest BCUT2D eigenvalue weighted by Gasteiger charge is -2.04. The molecular formula is C13H13NOS. The highest BCUT2D eigenvalue weighted by molar-refractivity contribution is 7.09. The Balaban J connectivity index is 2.24. The molecule has 2 aromatic rings. The summed E-state index contributed by atoms with van der Waals surface area (Å²) >= 11 is 1.52. The van der Waals surface area contributed by atoms with Crippen molar-refractivity contribution in [1.82, 2.24) is 4.98 Å². The minimum Gasteiger partial charge on any atom is -0.294 e. The number of aryl methyl sites for hydroxylation is 2. The summed E-state index contributed by atoms with van der Waals surface area (Å²) in [5.74, 6) is 0.172. The average molecular weight is 231 g/mol. The van der Waals surface area contributed by atoms with Gasteiger partial charge in [-0.3, -0.25) is 9.78 Å². The van der Waals surface area contributed by atoms with Gasteiger partial charge in [0.25, 0.3) is 0 Å². The molecule has 0 saturated heterocycles. The lowest BCUT2D eigenvalue weighted by Crippen LogP contribution is -2.05. The molecular weight excluding hydrogens is 218 g/mol. The Bertz CT molecular complexity index is 503. The van der Waals surface area contributed by atoms with Crippen LogP contribution in [0.2, 0.25) is 0 Å². The highest BCUT2D eigenvalue weighted by Gasteiger charge is 2.10. The van der Waals surface area contributed by atoms with Gasteiger partial charge in [0.05, 0.1) is 5.51 Å². The number of thiazole rings is 1. The van der Waals surface area contributed by atoms with Crippen LogP contribution in [0, 0.1) is 13.8 Å². The summed E-state index contributed by atoms with van der Waals surface area (Å²) in [7, 11) is 0. The van der Waals surface area contributed by atoms with Gasteiger partial charge in [0.15, 0.2) is 5.78 Å². The molecule has 0 N–H and O–H groups in total. The quantitative estimate of drug-likeness (QED) is 0.759. The SMILES string of the molecule is Cc1ccc(C)c(C(=O)Cc2cncs2)c1. The van der Waals surface area contributed by atoms with Gasteiger partial charge in [-0.05, 0) is 25.5 Å². The number of benzene rings is 1. The van der Waals surface area contributed by atoms with Gasteiger partial charge in [0.1, 0.15) is 0 Å². The second-order valence-electron chi connectivity index (χ2n) is 3.89. The topological polar surface area (TPSA) is 30.0 Å². The van der Waals surface area contributed by atoms with Crippen molar-refractivity contribution in [2.45, 2.75) is 20.3 Å². The summed E-state index contributed by atoms with van der Waals surface area (Å²) in [4.78, 5) is 17.1. The highest BCUT2D eigenvalue weighted by atomic mass is 32.1. The van der Waals surface area contributed by atoms with Gasteiger partial charge in [0.2, 0.25) is 0 Å². The Hall–Kier alpha value is -1.48. The van der Waals surface area contributed by atoms with Crippen LogP contribution in [0.15, 0.2) is 29.9 Å². The van der Waals surface area contributed by atoms with Crippen molar-refractivity contribution < 1.29 is 4.79 Å². The van der Waals surface area contributed by atoms with Gasteiger partial charge >= 0.3 is 0 Å². The third-order valence-electron chi connectivity index (χ3n) is 2.51. The molecule has 0 aliphatic rings. The molecule has 0 radical (unpaired) electrons. The molecule has 82 valence electrons. The summed E-state index contributed by atoms with van der Waals surface area (Å²) in [5.41, 5.74) is 4.75. The molecule has 0 saturated carbocycles. The number of carbonyl (C=O) groups is 1. The monoisotopic (exact) mass is 231 g/mol. The lowest BCUT2D eigenvalue weighted by atomic mass is 10.00. The van der Waals surface area contributed by atoms with Crippen LogP contribution in [-0.4, -0.2) is 10.8 Å². The summed E-state index contributed by atoms with van der Waals surface area (Å²) < 4.78 is 0. The highest BCUT2D eigenvalue weighted by Crippen LogP contribution is 2.15. The van der Waals surface area contributed by atoms with E-state index in [-0.39, 0.29) is 5.78 Å². The average Bonchev–Trinajstić information content (AvgIpc) is 2.74. The standard InChI is InChI=1S/C13H13NOS/c1-9-3-4-10(2)12(5-9)13(15)6-11-7-14-8-16-11/h3-5,7-8H,6H2,1-2H3. The maximum absolute atomic E-state index is 12.1. The molecule has 1 heterocycles. The molecule has 3 heteroatoms. The zero-order valence-corrected chi connectivity index (χ0v) is 10.2. The zero-order valence-electron chi connectivity index (χ0n) is 9.36. The second kappa shape index (κ2) is 4.58. The number of nitrogens with zero attached hydrogens (tertiary/aromatic N) is 1. The van der Waals surface area contributed by atoms with E-state index >= 15 is 0 Å². The first-order chi connectivity index (χ1) is 7.66. The van der Waals surface area contributed by atoms with Gasteiger partial charge in [-0.15, -0.1) is 11.3 Å². The number of hydrogen-bond acceptors (Lipinski definition) is 3. The van der Waals surface area contributed by atoms with Crippen molar-refractivity contribution in [3.63, 3.8) is 0 Å². The largest absolute Gasteiger partial charge is 0.294 e. The molecule has 0 aliphatic carbocycles. The number of rotatable bonds is 3. The van der Waals surface area contributed by atoms with Crippen molar-refractivity contribution >= 4 is 17.1 Å². The van der Waals surface area contributed by atoms with E-state index in [2.05, 4.69) is 4.98 Å². The van der Waals surface area contributed by atoms with Crippen LogP contribution < -0.4 is 0 Å². The fourth-order valence-corrected chi connectivity index (χ4v) is 2.21. The van der Waals surface area contributed by atoms with Crippen molar-refractivity contribution in [3.05, 3.63) is 51.5 Å². The molecule has 0 atom stereocenters. The van der Waals surface area contributed by atoms with Crippen LogP contribution in [0.5, 0.6) is 0 Å². The van der Waals surface area contributed by atoms with Crippen LogP contribution in [0.25, 0.3) is 0 Å². The second-order valence-corrected chi connectivity index (χ2v) is 4.86. The fraction of sp³-hybridized carbons (Fsp3) is 0.231. The normalized spacial score (nSPS) is 10.4. The smallest absolute Gasteiger partial charge is 0.168 e. The van der Waals surface area contributed by atoms with E-state index in [1.807, 2.05) is 32.0 Å². The van der Waals surface area contributed by atoms with Crippen LogP contribution in [0.3, 0.4) is 0 Å². The van der Waals surface area contributed by atoms with Crippen molar-refractivity contribution in [3.8, 4) is 0 Å². The first-order valence-electron chi connectivity index (χ1n) is 5.14. The van der Waals surface area contributed by atoms with E-state index < -0.39 is 0 Å². The first-order valence-corrected chi connectivity index (χ1v) is 6.02. The first kappa shape index (κ1) is 11.0. The summed E-state index contributed by atoms with van der Waals surface area (Å²) in [6.45, 7) is 3.97. The molecule has 2 rings (SSSR count). The van der Waals surface area contributed by atoms with E-state index in [1.165, 1.54) is 11.3 Å². The molecule has 2 nitrogen and oxygen atoms in total. The summed E-state index contributed by atoms with van der Waals surface area (Å²) in [5, 5.41) is 0. The predicted octanol–water partition coefficient (Wildman–Crippen LogP) is 3.19. The Kier molecular flexibility index (Phi) is 3.15. The van der Waals surface area contributed by atoms with Crippen LogP contribution >= 0.6 is 11.3 Å². The van der Waals surface area contributed by atoms with Gasteiger partial charge in [0, 0.05) is 23.1 Å². The fourth-order valence-electron chi connectivity index (χ4n) is 1.62. The Labute approximate surface area is 99.0 Å². The predicted molar refractivity (Wildman–Crippen MR) is 66.1 cm³/mol. The zero-order chi connectivity index (χ0) is 11.5. The molecule has 0 fully saturated rings. The van der Waals surface area contributed by atoms with Gasteiger partial charge in [-0.25, -0.2) is 0 Å². The number of hydrogen-bond donors (Lipinski definition) is 0. The van der Waals surface area contributed by atoms with Crippen molar-refractivity contribution in [1.29, 1.82) is 0 Å². The molecule has 0 unspecified atom stereocenters. The minimum atomic E-state index is 0.172. The van der Waals surface area contributed by atoms with Crippen LogP contribution in [0.1, 0.15) is 26.4 Å². The maximum atomic E-state index is 12.1. The van der Waals surface area contributed by atoms with Gasteiger partial charge in [-0.1, -0.05) is 17.7 Å². The van der Waals surface area contributed by atoms with E-state index in [0.29, 0.717) is 6.42 Å². The number of Topliss-reactive ketones (excluding diaryl/α,β-unsaturated/α-hetero) is 1. The lowest BCUT2D eigenvalue weighted by molar-refractivity contribution is 0.0993. The van der Waals surface area contributed by atoms with E-state index in [4.69, 9.17) is 0 Å². The van der Waals surface area contributed by atoms with Crippen LogP contribution in [-0.2, 0) is 6.42 Å². The summed E-state index contributed by atoms with van der Waals surface area (Å²) in [6, 6.07) is 5.98. The molecule has 1 aromatic carbocycles. The number of ketones is 1. The third-order valence-corrected chi connectivity index (χ3v) is 3.29. The third kappa shape index (κ3) is 2.36. The minimum absolute atomic E-state index is 0.172. The summed E-state index contributed by atoms with van der Waals surface area (Å²) in [6.07, 6.45) is 2.21. The molecule has 0 aliphatic heterocycles. The van der Waals surface area contributed by atoms with Crippen molar-refractivity contribution in [2.75, 3.05) is 0 Å². The Morgan fingerprint density at radius 2 is 2.19 bits per heavy atom. The maximum Gasteiger partial charge on any atom is 0.168 e. The van der Waals surface area contributed by atoms with Gasteiger partial charge < -0.3 is 0 Å². The molecule has 1 aromatic heterocycles. The molecule has 0 amide bonds. The van der Waals surface area contributed by atoms with Crippen molar-refractivity contribution in [2.24, 2.45) is 0 Å². The number of carbonyl (C=O) groups excluding carboxylic acids is 1. The van der Waals surface area contributed by atoms with Crippen LogP contribution in [0.4, 0.5) is 0 Å². The Morgan fingerprint density at radius 1 is 1.38 bits per heavy atom. The Morgan fingerprint density at radius 3 is 2.88 bits per heavy atom. The molecule has 0 spiro atoms. The van der Waals surface area contributed by atoms with Gasteiger partial charge in [-0.2, -0.15) is 0 Å². The van der Waals surface area contributed by atoms with E-state index in [9.17, 15) is 4.79 Å². The molecule has 0 bridgehead atoms. The van der Waals surface area contributed by atoms with E-state index in [0.717, 1.165) is 21.6 Å². The molecule has 16 heavy (non-hydrogen) atoms. The van der Waals surface area contributed by atoms with E-state index in [1.54, 1.807) is 11.7 Å².